The van der Waals surface area contributed by atoms with Gasteiger partial charge < -0.3 is 9.73 Å². The molecule has 6 heteroatoms. The predicted molar refractivity (Wildman–Crippen MR) is 105 cm³/mol. The Bertz CT molecular complexity index is 719. The molecule has 0 atom stereocenters. The second-order valence-corrected chi connectivity index (χ2v) is 7.64. The van der Waals surface area contributed by atoms with E-state index >= 15 is 0 Å². The normalized spacial score (nSPS) is 10.9. The van der Waals surface area contributed by atoms with E-state index in [4.69, 9.17) is 4.42 Å². The van der Waals surface area contributed by atoms with Crippen LogP contribution in [0.2, 0.25) is 0 Å². The zero-order valence-corrected chi connectivity index (χ0v) is 15.9. The van der Waals surface area contributed by atoms with Gasteiger partial charge in [-0.25, -0.2) is 0 Å². The minimum Gasteiger partial charge on any atom is -0.468 e. The summed E-state index contributed by atoms with van der Waals surface area (Å²) < 4.78 is 6.57. The second kappa shape index (κ2) is 8.46. The Hall–Kier alpha value is -1.64. The fourth-order valence-corrected chi connectivity index (χ4v) is 3.46. The molecule has 0 fully saturated rings. The van der Waals surface area contributed by atoms with Crippen LogP contribution in [0.4, 0.5) is 5.69 Å². The number of thiophene rings is 1. The number of hydrogen-bond donors (Lipinski definition) is 1. The molecule has 0 aliphatic heterocycles. The number of rotatable bonds is 7. The van der Waals surface area contributed by atoms with Crippen molar-refractivity contribution in [2.24, 2.45) is 0 Å². The van der Waals surface area contributed by atoms with Crippen molar-refractivity contribution in [2.75, 3.05) is 11.9 Å². The number of benzene rings is 1. The third kappa shape index (κ3) is 5.19. The third-order valence-electron chi connectivity index (χ3n) is 3.41. The summed E-state index contributed by atoms with van der Waals surface area (Å²) in [4.78, 5) is 15.7. The van der Waals surface area contributed by atoms with Crippen molar-refractivity contribution in [1.29, 1.82) is 0 Å². The molecule has 0 saturated carbocycles. The van der Waals surface area contributed by atoms with Crippen LogP contribution >= 0.6 is 33.9 Å². The Morgan fingerprint density at radius 3 is 2.62 bits per heavy atom. The van der Waals surface area contributed by atoms with Crippen molar-refractivity contribution in [1.82, 2.24) is 4.90 Å². The molecule has 2 heterocycles. The first-order valence-electron chi connectivity index (χ1n) is 7.51. The fourth-order valence-electron chi connectivity index (χ4n) is 2.35. The van der Waals surface area contributed by atoms with Gasteiger partial charge in [0.05, 0.1) is 19.4 Å². The molecule has 1 aromatic carbocycles. The highest BCUT2D eigenvalue weighted by Gasteiger charge is 2.14. The number of anilines is 1. The van der Waals surface area contributed by atoms with Crippen LogP contribution in [0, 0.1) is 3.57 Å². The second-order valence-electron chi connectivity index (χ2n) is 5.36. The topological polar surface area (TPSA) is 45.5 Å². The van der Waals surface area contributed by atoms with Gasteiger partial charge in [-0.15, -0.1) is 11.3 Å². The highest BCUT2D eigenvalue weighted by Crippen LogP contribution is 2.15. The van der Waals surface area contributed by atoms with Crippen LogP contribution in [0.3, 0.4) is 0 Å². The molecule has 0 unspecified atom stereocenters. The molecular weight excluding hydrogens is 435 g/mol. The van der Waals surface area contributed by atoms with Crippen molar-refractivity contribution >= 4 is 45.5 Å². The van der Waals surface area contributed by atoms with E-state index in [2.05, 4.69) is 38.9 Å². The van der Waals surface area contributed by atoms with Gasteiger partial charge in [0.2, 0.25) is 5.91 Å². The van der Waals surface area contributed by atoms with E-state index in [1.165, 1.54) is 4.88 Å². The summed E-state index contributed by atoms with van der Waals surface area (Å²) in [7, 11) is 0. The molecule has 0 radical (unpaired) electrons. The molecule has 4 nitrogen and oxygen atoms in total. The molecule has 24 heavy (non-hydrogen) atoms. The molecule has 1 N–H and O–H groups in total. The van der Waals surface area contributed by atoms with Crippen molar-refractivity contribution in [3.05, 3.63) is 74.4 Å². The maximum atomic E-state index is 12.4. The summed E-state index contributed by atoms with van der Waals surface area (Å²) in [5.41, 5.74) is 0.814. The lowest BCUT2D eigenvalue weighted by Crippen LogP contribution is -2.32. The molecule has 0 aliphatic carbocycles. The Morgan fingerprint density at radius 2 is 1.96 bits per heavy atom. The van der Waals surface area contributed by atoms with Crippen LogP contribution in [-0.2, 0) is 17.9 Å². The lowest BCUT2D eigenvalue weighted by molar-refractivity contribution is -0.117. The van der Waals surface area contributed by atoms with Gasteiger partial charge in [-0.05, 0) is 70.4 Å². The van der Waals surface area contributed by atoms with E-state index in [0.29, 0.717) is 13.1 Å². The van der Waals surface area contributed by atoms with Gasteiger partial charge in [-0.2, -0.15) is 0 Å². The SMILES string of the molecule is O=C(CN(Cc1ccco1)Cc1cccs1)Nc1ccc(I)cc1. The standard InChI is InChI=1S/C18H17IN2O2S/c19-14-5-7-15(8-6-14)20-18(22)13-21(11-16-3-1-9-23-16)12-17-4-2-10-24-17/h1-10H,11-13H2,(H,20,22). The monoisotopic (exact) mass is 452 g/mol. The molecule has 124 valence electrons. The average Bonchev–Trinajstić information content (AvgIpc) is 3.23. The fraction of sp³-hybridized carbons (Fsp3) is 0.167. The number of furan rings is 1. The van der Waals surface area contributed by atoms with E-state index in [1.54, 1.807) is 17.6 Å². The third-order valence-corrected chi connectivity index (χ3v) is 4.99. The molecule has 2 aromatic heterocycles. The number of nitrogens with zero attached hydrogens (tertiary/aromatic N) is 1. The van der Waals surface area contributed by atoms with Gasteiger partial charge >= 0.3 is 0 Å². The number of carbonyl (C=O) groups is 1. The highest BCUT2D eigenvalue weighted by atomic mass is 127. The predicted octanol–water partition coefficient (Wildman–Crippen LogP) is 4.59. The van der Waals surface area contributed by atoms with Crippen molar-refractivity contribution < 1.29 is 9.21 Å². The smallest absolute Gasteiger partial charge is 0.238 e. The first-order valence-corrected chi connectivity index (χ1v) is 9.47. The van der Waals surface area contributed by atoms with Crippen LogP contribution in [0.5, 0.6) is 0 Å². The Balaban J connectivity index is 1.63. The van der Waals surface area contributed by atoms with Gasteiger partial charge in [0, 0.05) is 20.7 Å². The number of hydrogen-bond acceptors (Lipinski definition) is 4. The summed E-state index contributed by atoms with van der Waals surface area (Å²) in [5.74, 6) is 0.827. The van der Waals surface area contributed by atoms with E-state index < -0.39 is 0 Å². The summed E-state index contributed by atoms with van der Waals surface area (Å²) in [5, 5.41) is 5.00. The van der Waals surface area contributed by atoms with Crippen LogP contribution in [0.15, 0.2) is 64.6 Å². The van der Waals surface area contributed by atoms with Gasteiger partial charge in [0.25, 0.3) is 0 Å². The lowest BCUT2D eigenvalue weighted by Gasteiger charge is -2.20. The molecule has 0 bridgehead atoms. The minimum atomic E-state index is -0.0284. The maximum absolute atomic E-state index is 12.4. The average molecular weight is 452 g/mol. The van der Waals surface area contributed by atoms with Gasteiger partial charge in [0.1, 0.15) is 5.76 Å². The molecule has 0 saturated heterocycles. The molecule has 3 rings (SSSR count). The molecule has 0 spiro atoms. The summed E-state index contributed by atoms with van der Waals surface area (Å²) in [6.45, 7) is 1.63. The van der Waals surface area contributed by atoms with Gasteiger partial charge in [-0.3, -0.25) is 9.69 Å². The number of amides is 1. The Kier molecular flexibility index (Phi) is 6.06. The summed E-state index contributed by atoms with van der Waals surface area (Å²) >= 11 is 3.94. The molecular formula is C18H17IN2O2S. The van der Waals surface area contributed by atoms with Crippen LogP contribution in [0.25, 0.3) is 0 Å². The minimum absolute atomic E-state index is 0.0284. The summed E-state index contributed by atoms with van der Waals surface area (Å²) in [6.07, 6.45) is 1.66. The van der Waals surface area contributed by atoms with Crippen LogP contribution in [-0.4, -0.2) is 17.4 Å². The van der Waals surface area contributed by atoms with Crippen molar-refractivity contribution in [3.63, 3.8) is 0 Å². The molecule has 0 aliphatic rings. The molecule has 3 aromatic rings. The Morgan fingerprint density at radius 1 is 1.12 bits per heavy atom. The first kappa shape index (κ1) is 17.2. The van der Waals surface area contributed by atoms with E-state index in [0.717, 1.165) is 21.6 Å². The Labute approximate surface area is 158 Å². The zero-order chi connectivity index (χ0) is 16.8. The summed E-state index contributed by atoms with van der Waals surface area (Å²) in [6, 6.07) is 15.7. The zero-order valence-electron chi connectivity index (χ0n) is 12.9. The highest BCUT2D eigenvalue weighted by molar-refractivity contribution is 14.1. The van der Waals surface area contributed by atoms with Gasteiger partial charge in [0.15, 0.2) is 0 Å². The van der Waals surface area contributed by atoms with Gasteiger partial charge in [-0.1, -0.05) is 6.07 Å². The van der Waals surface area contributed by atoms with E-state index in [9.17, 15) is 4.79 Å². The lowest BCUT2D eigenvalue weighted by atomic mass is 10.3. The van der Waals surface area contributed by atoms with Crippen LogP contribution in [0.1, 0.15) is 10.6 Å². The quantitative estimate of drug-likeness (QED) is 0.534. The van der Waals surface area contributed by atoms with E-state index in [1.807, 2.05) is 47.8 Å². The van der Waals surface area contributed by atoms with E-state index in [-0.39, 0.29) is 5.91 Å². The largest absolute Gasteiger partial charge is 0.468 e. The number of nitrogens with one attached hydrogen (secondary N) is 1. The maximum Gasteiger partial charge on any atom is 0.238 e. The van der Waals surface area contributed by atoms with Crippen molar-refractivity contribution in [2.45, 2.75) is 13.1 Å². The van der Waals surface area contributed by atoms with Crippen LogP contribution < -0.4 is 5.32 Å². The number of halogens is 1. The molecule has 1 amide bonds. The first-order chi connectivity index (χ1) is 11.7. The number of carbonyl (C=O) groups excluding carboxylic acids is 1. The van der Waals surface area contributed by atoms with Crippen molar-refractivity contribution in [3.8, 4) is 0 Å².